The molecule has 22 heavy (non-hydrogen) atoms. The molecule has 0 spiro atoms. The lowest BCUT2D eigenvalue weighted by Crippen LogP contribution is -2.43. The highest BCUT2D eigenvalue weighted by atomic mass is 16.2. The highest BCUT2D eigenvalue weighted by Crippen LogP contribution is 2.22. The smallest absolute Gasteiger partial charge is 0.226 e. The summed E-state index contributed by atoms with van der Waals surface area (Å²) >= 11 is 0. The summed E-state index contributed by atoms with van der Waals surface area (Å²) in [6.45, 7) is 4.42. The number of hydrogen-bond donors (Lipinski definition) is 2. The van der Waals surface area contributed by atoms with Crippen LogP contribution in [0.4, 0.5) is 0 Å². The molecule has 2 rings (SSSR count). The first-order valence-electron chi connectivity index (χ1n) is 7.46. The summed E-state index contributed by atoms with van der Waals surface area (Å²) in [6, 6.07) is 16.0. The van der Waals surface area contributed by atoms with Gasteiger partial charge in [-0.15, -0.1) is 0 Å². The predicted octanol–water partition coefficient (Wildman–Crippen LogP) is 2.53. The zero-order chi connectivity index (χ0) is 16.0. The summed E-state index contributed by atoms with van der Waals surface area (Å²) in [6.07, 6.45) is 1.79. The molecule has 2 N–H and O–H groups in total. The Hall–Kier alpha value is -2.20. The number of rotatable bonds is 6. The van der Waals surface area contributed by atoms with Gasteiger partial charge in [0.05, 0.1) is 17.2 Å². The molecule has 116 valence electrons. The molecule has 0 aliphatic heterocycles. The molecule has 0 aliphatic carbocycles. The molecular formula is C18H23N3O. The van der Waals surface area contributed by atoms with Crippen molar-refractivity contribution in [1.29, 1.82) is 0 Å². The number of nitrogens with one attached hydrogen (secondary N) is 2. The Bertz CT molecular complexity index is 557. The van der Waals surface area contributed by atoms with Gasteiger partial charge in [-0.3, -0.25) is 9.78 Å². The van der Waals surface area contributed by atoms with Gasteiger partial charge in [0.2, 0.25) is 5.91 Å². The molecule has 4 nitrogen and oxygen atoms in total. The molecule has 1 amide bonds. The lowest BCUT2D eigenvalue weighted by atomic mass is 9.91. The minimum Gasteiger partial charge on any atom is -0.359 e. The van der Waals surface area contributed by atoms with E-state index < -0.39 is 5.41 Å². The third kappa shape index (κ3) is 3.92. The van der Waals surface area contributed by atoms with E-state index in [0.717, 1.165) is 11.3 Å². The Kier molecular flexibility index (Phi) is 5.28. The van der Waals surface area contributed by atoms with Crippen LogP contribution in [0, 0.1) is 5.41 Å². The fourth-order valence-electron chi connectivity index (χ4n) is 2.36. The van der Waals surface area contributed by atoms with Gasteiger partial charge >= 0.3 is 0 Å². The van der Waals surface area contributed by atoms with Crippen molar-refractivity contribution in [2.24, 2.45) is 5.41 Å². The summed E-state index contributed by atoms with van der Waals surface area (Å²) < 4.78 is 0. The van der Waals surface area contributed by atoms with Gasteiger partial charge in [-0.2, -0.15) is 0 Å². The average Bonchev–Trinajstić information content (AvgIpc) is 2.56. The topological polar surface area (TPSA) is 54.0 Å². The summed E-state index contributed by atoms with van der Waals surface area (Å²) in [5.74, 6) is 0.0211. The lowest BCUT2D eigenvalue weighted by molar-refractivity contribution is -0.128. The van der Waals surface area contributed by atoms with Gasteiger partial charge in [0.15, 0.2) is 0 Å². The second kappa shape index (κ2) is 7.18. The molecule has 0 saturated carbocycles. The van der Waals surface area contributed by atoms with E-state index >= 15 is 0 Å². The third-order valence-corrected chi connectivity index (χ3v) is 3.71. The van der Waals surface area contributed by atoms with E-state index in [0.29, 0.717) is 6.54 Å². The molecule has 0 aliphatic rings. The van der Waals surface area contributed by atoms with Gasteiger partial charge in [0, 0.05) is 19.8 Å². The number of amides is 1. The zero-order valence-electron chi connectivity index (χ0n) is 13.3. The van der Waals surface area contributed by atoms with E-state index in [9.17, 15) is 4.79 Å². The van der Waals surface area contributed by atoms with Crippen LogP contribution < -0.4 is 10.6 Å². The predicted molar refractivity (Wildman–Crippen MR) is 88.4 cm³/mol. The van der Waals surface area contributed by atoms with Gasteiger partial charge < -0.3 is 10.6 Å². The Balaban J connectivity index is 2.22. The maximum Gasteiger partial charge on any atom is 0.226 e. The van der Waals surface area contributed by atoms with Crippen LogP contribution in [0.1, 0.15) is 31.1 Å². The van der Waals surface area contributed by atoms with Crippen LogP contribution in [-0.4, -0.2) is 24.5 Å². The molecule has 0 fully saturated rings. The van der Waals surface area contributed by atoms with E-state index in [1.807, 2.05) is 50.2 Å². The van der Waals surface area contributed by atoms with Gasteiger partial charge in [0.25, 0.3) is 0 Å². The Morgan fingerprint density at radius 2 is 1.82 bits per heavy atom. The first kappa shape index (κ1) is 16.2. The van der Waals surface area contributed by atoms with Gasteiger partial charge in [-0.1, -0.05) is 36.4 Å². The highest BCUT2D eigenvalue weighted by molar-refractivity contribution is 5.81. The maximum absolute atomic E-state index is 12.0. The number of benzene rings is 1. The summed E-state index contributed by atoms with van der Waals surface area (Å²) in [4.78, 5) is 16.4. The van der Waals surface area contributed by atoms with Gasteiger partial charge in [-0.05, 0) is 31.5 Å². The number of carbonyl (C=O) groups excluding carboxylic acids is 1. The Morgan fingerprint density at radius 3 is 2.41 bits per heavy atom. The summed E-state index contributed by atoms with van der Waals surface area (Å²) in [7, 11) is 1.66. The number of pyridine rings is 1. The quantitative estimate of drug-likeness (QED) is 0.861. The second-order valence-corrected chi connectivity index (χ2v) is 5.94. The van der Waals surface area contributed by atoms with E-state index in [-0.39, 0.29) is 11.9 Å². The first-order valence-corrected chi connectivity index (χ1v) is 7.46. The molecule has 4 heteroatoms. The van der Waals surface area contributed by atoms with Crippen molar-refractivity contribution >= 4 is 5.91 Å². The minimum atomic E-state index is -0.490. The highest BCUT2D eigenvalue weighted by Gasteiger charge is 2.28. The van der Waals surface area contributed by atoms with Gasteiger partial charge in [0.1, 0.15) is 0 Å². The molecule has 1 heterocycles. The van der Waals surface area contributed by atoms with Crippen molar-refractivity contribution in [2.75, 3.05) is 13.6 Å². The van der Waals surface area contributed by atoms with Crippen LogP contribution in [-0.2, 0) is 4.79 Å². The third-order valence-electron chi connectivity index (χ3n) is 3.71. The fraction of sp³-hybridized carbons (Fsp3) is 0.333. The van der Waals surface area contributed by atoms with Crippen molar-refractivity contribution < 1.29 is 4.79 Å². The second-order valence-electron chi connectivity index (χ2n) is 5.94. The normalized spacial score (nSPS) is 12.7. The zero-order valence-corrected chi connectivity index (χ0v) is 13.3. The van der Waals surface area contributed by atoms with Crippen molar-refractivity contribution in [1.82, 2.24) is 15.6 Å². The molecule has 1 aromatic carbocycles. The van der Waals surface area contributed by atoms with Crippen LogP contribution >= 0.6 is 0 Å². The number of aromatic nitrogens is 1. The monoisotopic (exact) mass is 297 g/mol. The van der Waals surface area contributed by atoms with Crippen molar-refractivity contribution in [3.63, 3.8) is 0 Å². The number of hydrogen-bond acceptors (Lipinski definition) is 3. The standard InChI is InChI=1S/C18H23N3O/c1-18(2,17(22)19-3)13-21-16(14-9-5-4-6-10-14)15-11-7-8-12-20-15/h4-12,16,21H,13H2,1-3H3,(H,19,22)/t16-/m0/s1. The van der Waals surface area contributed by atoms with E-state index in [2.05, 4.69) is 27.8 Å². The molecule has 2 aromatic rings. The maximum atomic E-state index is 12.0. The van der Waals surface area contributed by atoms with Crippen molar-refractivity contribution in [2.45, 2.75) is 19.9 Å². The van der Waals surface area contributed by atoms with Crippen LogP contribution in [0.15, 0.2) is 54.7 Å². The van der Waals surface area contributed by atoms with Crippen LogP contribution in [0.2, 0.25) is 0 Å². The fourth-order valence-corrected chi connectivity index (χ4v) is 2.36. The average molecular weight is 297 g/mol. The molecule has 1 atom stereocenters. The number of nitrogens with zero attached hydrogens (tertiary/aromatic N) is 1. The summed E-state index contributed by atoms with van der Waals surface area (Å²) in [5, 5.41) is 6.20. The SMILES string of the molecule is CNC(=O)C(C)(C)CN[C@@H](c1ccccc1)c1ccccn1. The van der Waals surface area contributed by atoms with Crippen molar-refractivity contribution in [3.8, 4) is 0 Å². The van der Waals surface area contributed by atoms with E-state index in [4.69, 9.17) is 0 Å². The van der Waals surface area contributed by atoms with Crippen LogP contribution in [0.3, 0.4) is 0 Å². The van der Waals surface area contributed by atoms with Crippen LogP contribution in [0.5, 0.6) is 0 Å². The van der Waals surface area contributed by atoms with Crippen molar-refractivity contribution in [3.05, 3.63) is 66.0 Å². The molecule has 0 unspecified atom stereocenters. The first-order chi connectivity index (χ1) is 10.5. The molecule has 0 radical (unpaired) electrons. The van der Waals surface area contributed by atoms with E-state index in [1.54, 1.807) is 13.2 Å². The number of carbonyl (C=O) groups is 1. The molecule has 0 saturated heterocycles. The lowest BCUT2D eigenvalue weighted by Gasteiger charge is -2.27. The van der Waals surface area contributed by atoms with Crippen LogP contribution in [0.25, 0.3) is 0 Å². The molecular weight excluding hydrogens is 274 g/mol. The summed E-state index contributed by atoms with van der Waals surface area (Å²) in [5.41, 5.74) is 1.59. The largest absolute Gasteiger partial charge is 0.359 e. The van der Waals surface area contributed by atoms with Gasteiger partial charge in [-0.25, -0.2) is 0 Å². The minimum absolute atomic E-state index is 0.0211. The molecule has 0 bridgehead atoms. The Labute approximate surface area is 132 Å². The molecule has 1 aromatic heterocycles. The van der Waals surface area contributed by atoms with E-state index in [1.165, 1.54) is 0 Å². The Morgan fingerprint density at radius 1 is 1.14 bits per heavy atom.